The highest BCUT2D eigenvalue weighted by Crippen LogP contribution is 2.26. The summed E-state index contributed by atoms with van der Waals surface area (Å²) in [5, 5.41) is 23.7. The number of nitrogens with one attached hydrogen (secondary N) is 3. The van der Waals surface area contributed by atoms with Crippen molar-refractivity contribution in [3.63, 3.8) is 0 Å². The third-order valence-electron chi connectivity index (χ3n) is 4.28. The first-order valence-electron chi connectivity index (χ1n) is 7.35. The summed E-state index contributed by atoms with van der Waals surface area (Å²) < 4.78 is 1.39. The van der Waals surface area contributed by atoms with Crippen molar-refractivity contribution in [2.45, 2.75) is 6.92 Å². The minimum absolute atomic E-state index is 0.0891. The van der Waals surface area contributed by atoms with Crippen LogP contribution in [0.5, 0.6) is 0 Å². The highest BCUT2D eigenvalue weighted by atomic mass is 16.1. The summed E-state index contributed by atoms with van der Waals surface area (Å²) in [7, 11) is 0. The van der Waals surface area contributed by atoms with Crippen molar-refractivity contribution in [2.24, 2.45) is 0 Å². The van der Waals surface area contributed by atoms with E-state index in [1.807, 2.05) is 6.07 Å². The molecule has 3 N–H and O–H groups in total. The van der Waals surface area contributed by atoms with E-state index in [0.717, 1.165) is 0 Å². The number of hydrogen-bond donors (Lipinski definition) is 3. The molecule has 0 aliphatic carbocycles. The molecule has 0 radical (unpaired) electrons. The lowest BCUT2D eigenvalue weighted by molar-refractivity contribution is 1.05. The van der Waals surface area contributed by atoms with Crippen molar-refractivity contribution in [1.29, 1.82) is 10.5 Å². The molecule has 120 valence electrons. The van der Waals surface area contributed by atoms with Crippen LogP contribution < -0.4 is 11.1 Å². The van der Waals surface area contributed by atoms with E-state index < -0.39 is 11.1 Å². The summed E-state index contributed by atoms with van der Waals surface area (Å²) in [6.07, 6.45) is 0. The highest BCUT2D eigenvalue weighted by molar-refractivity contribution is 5.85. The third kappa shape index (κ3) is 1.79. The van der Waals surface area contributed by atoms with Gasteiger partial charge in [-0.25, -0.2) is 0 Å². The van der Waals surface area contributed by atoms with E-state index in [9.17, 15) is 20.1 Å². The van der Waals surface area contributed by atoms with Gasteiger partial charge in [0.15, 0.2) is 0 Å². The molecule has 0 saturated carbocycles. The van der Waals surface area contributed by atoms with Crippen molar-refractivity contribution in [2.75, 3.05) is 0 Å². The van der Waals surface area contributed by atoms with Crippen molar-refractivity contribution < 1.29 is 0 Å². The van der Waals surface area contributed by atoms with Gasteiger partial charge in [-0.1, -0.05) is 12.1 Å². The van der Waals surface area contributed by atoms with Gasteiger partial charge < -0.3 is 4.98 Å². The zero-order valence-electron chi connectivity index (χ0n) is 13.0. The number of H-pyrrole nitrogens is 3. The van der Waals surface area contributed by atoms with Gasteiger partial charge in [0.25, 0.3) is 11.1 Å². The lowest BCUT2D eigenvalue weighted by Gasteiger charge is -2.07. The minimum atomic E-state index is -0.612. The number of imidazole rings is 1. The van der Waals surface area contributed by atoms with Crippen molar-refractivity contribution in [1.82, 2.24) is 19.6 Å². The molecule has 0 bridgehead atoms. The Bertz CT molecular complexity index is 1370. The highest BCUT2D eigenvalue weighted by Gasteiger charge is 2.23. The van der Waals surface area contributed by atoms with Crippen molar-refractivity contribution >= 4 is 16.7 Å². The number of rotatable bonds is 1. The van der Waals surface area contributed by atoms with Crippen LogP contribution in [0.1, 0.15) is 16.7 Å². The van der Waals surface area contributed by atoms with Gasteiger partial charge in [0, 0.05) is 0 Å². The van der Waals surface area contributed by atoms with Gasteiger partial charge in [-0.15, -0.1) is 0 Å². The Morgan fingerprint density at radius 2 is 1.76 bits per heavy atom. The Balaban J connectivity index is 2.30. The van der Waals surface area contributed by atoms with Gasteiger partial charge in [-0.2, -0.15) is 10.5 Å². The van der Waals surface area contributed by atoms with E-state index in [4.69, 9.17) is 0 Å². The Morgan fingerprint density at radius 1 is 1.04 bits per heavy atom. The summed E-state index contributed by atoms with van der Waals surface area (Å²) in [4.78, 5) is 28.0. The van der Waals surface area contributed by atoms with E-state index in [0.29, 0.717) is 22.2 Å². The molecule has 8 nitrogen and oxygen atoms in total. The van der Waals surface area contributed by atoms with Gasteiger partial charge in [0.2, 0.25) is 0 Å². The molecule has 4 aromatic rings. The van der Waals surface area contributed by atoms with Crippen LogP contribution in [-0.4, -0.2) is 19.6 Å². The lowest BCUT2D eigenvalue weighted by atomic mass is 10.0. The Kier molecular flexibility index (Phi) is 2.90. The second kappa shape index (κ2) is 4.98. The van der Waals surface area contributed by atoms with E-state index in [2.05, 4.69) is 21.3 Å². The summed E-state index contributed by atoms with van der Waals surface area (Å²) in [6.45, 7) is 1.62. The zero-order valence-corrected chi connectivity index (χ0v) is 13.0. The standard InChI is InChI=1S/C17H10N6O2/c1-8-9(6-18)15-20-11-4-2-3-5-12(11)23(15)17(25)13(8)14-10(7-19)16(24)22-21-14/h2-5,20H,1H3,(H2,21,22,24). The van der Waals surface area contributed by atoms with Gasteiger partial charge in [0.05, 0.1) is 27.9 Å². The van der Waals surface area contributed by atoms with Gasteiger partial charge in [0.1, 0.15) is 23.3 Å². The number of fused-ring (bicyclic) bond motifs is 3. The van der Waals surface area contributed by atoms with Crippen LogP contribution in [0.4, 0.5) is 0 Å². The fourth-order valence-electron chi connectivity index (χ4n) is 3.12. The number of hydrogen-bond acceptors (Lipinski definition) is 4. The fourth-order valence-corrected chi connectivity index (χ4v) is 3.12. The predicted octanol–water partition coefficient (Wildman–Crippen LogP) is 1.52. The first-order valence-corrected chi connectivity index (χ1v) is 7.35. The average Bonchev–Trinajstić information content (AvgIpc) is 3.16. The van der Waals surface area contributed by atoms with Crippen LogP contribution in [0.25, 0.3) is 27.9 Å². The molecule has 0 atom stereocenters. The summed E-state index contributed by atoms with van der Waals surface area (Å²) >= 11 is 0. The predicted molar refractivity (Wildman–Crippen MR) is 90.1 cm³/mol. The molecule has 3 aromatic heterocycles. The Labute approximate surface area is 139 Å². The van der Waals surface area contributed by atoms with E-state index in [-0.39, 0.29) is 22.4 Å². The maximum absolute atomic E-state index is 13.2. The fraction of sp³-hybridized carbons (Fsp3) is 0.0588. The molecule has 1 aromatic carbocycles. The van der Waals surface area contributed by atoms with Crippen LogP contribution >= 0.6 is 0 Å². The largest absolute Gasteiger partial charge is 0.338 e. The van der Waals surface area contributed by atoms with E-state index in [1.54, 1.807) is 31.2 Å². The Morgan fingerprint density at radius 3 is 2.48 bits per heavy atom. The average molecular weight is 330 g/mol. The molecule has 0 aliphatic heterocycles. The monoisotopic (exact) mass is 330 g/mol. The summed E-state index contributed by atoms with van der Waals surface area (Å²) in [6, 6.07) is 11.1. The number of nitrogens with zero attached hydrogens (tertiary/aromatic N) is 3. The third-order valence-corrected chi connectivity index (χ3v) is 4.28. The van der Waals surface area contributed by atoms with Crippen LogP contribution in [0.2, 0.25) is 0 Å². The number of aromatic nitrogens is 4. The molecule has 0 fully saturated rings. The van der Waals surface area contributed by atoms with Crippen molar-refractivity contribution in [3.8, 4) is 23.4 Å². The summed E-state index contributed by atoms with van der Waals surface area (Å²) in [5.74, 6) is 0. The molecular formula is C17H10N6O2. The number of para-hydroxylation sites is 2. The maximum Gasteiger partial charge on any atom is 0.282 e. The van der Waals surface area contributed by atoms with E-state index in [1.165, 1.54) is 4.40 Å². The molecule has 0 saturated heterocycles. The van der Waals surface area contributed by atoms with Gasteiger partial charge in [-0.3, -0.25) is 24.2 Å². The molecule has 0 aliphatic rings. The van der Waals surface area contributed by atoms with Crippen LogP contribution in [0.3, 0.4) is 0 Å². The van der Waals surface area contributed by atoms with Gasteiger partial charge >= 0.3 is 0 Å². The molecule has 0 spiro atoms. The molecule has 0 amide bonds. The first kappa shape index (κ1) is 14.5. The number of aromatic amines is 3. The topological polar surface area (TPSA) is 133 Å². The molecule has 25 heavy (non-hydrogen) atoms. The smallest absolute Gasteiger partial charge is 0.282 e. The second-order valence-corrected chi connectivity index (χ2v) is 5.56. The summed E-state index contributed by atoms with van der Waals surface area (Å²) in [5.41, 5.74) is 1.35. The first-order chi connectivity index (χ1) is 12.1. The molecule has 4 rings (SSSR count). The molecule has 8 heteroatoms. The molecule has 0 unspecified atom stereocenters. The van der Waals surface area contributed by atoms with E-state index >= 15 is 0 Å². The normalized spacial score (nSPS) is 10.8. The van der Waals surface area contributed by atoms with Crippen LogP contribution in [0, 0.1) is 29.6 Å². The minimum Gasteiger partial charge on any atom is -0.338 e. The number of nitriles is 2. The zero-order chi connectivity index (χ0) is 17.7. The lowest BCUT2D eigenvalue weighted by Crippen LogP contribution is -2.19. The number of benzene rings is 1. The Hall–Kier alpha value is -4.04. The number of pyridine rings is 1. The quantitative estimate of drug-likeness (QED) is 0.488. The van der Waals surface area contributed by atoms with Crippen LogP contribution in [0.15, 0.2) is 33.9 Å². The van der Waals surface area contributed by atoms with Gasteiger partial charge in [-0.05, 0) is 24.6 Å². The molecular weight excluding hydrogens is 320 g/mol. The second-order valence-electron chi connectivity index (χ2n) is 5.56. The van der Waals surface area contributed by atoms with Crippen LogP contribution in [-0.2, 0) is 0 Å². The molecule has 3 heterocycles. The maximum atomic E-state index is 13.2. The van der Waals surface area contributed by atoms with Crippen molar-refractivity contribution in [3.05, 3.63) is 61.7 Å². The SMILES string of the molecule is Cc1c(-c2[nH][nH]c(=O)c2C#N)c(=O)n2c([nH]c3ccccc32)c1C#N.